The van der Waals surface area contributed by atoms with E-state index in [2.05, 4.69) is 15.0 Å². The van der Waals surface area contributed by atoms with Gasteiger partial charge in [0.15, 0.2) is 12.4 Å². The number of nitrogens with zero attached hydrogens (tertiary/aromatic N) is 3. The highest BCUT2D eigenvalue weighted by Crippen LogP contribution is 2.14. The number of ether oxygens (including phenoxy) is 1. The molecule has 0 unspecified atom stereocenters. The van der Waals surface area contributed by atoms with Gasteiger partial charge in [-0.3, -0.25) is 0 Å². The van der Waals surface area contributed by atoms with Crippen molar-refractivity contribution < 1.29 is 18.3 Å². The molecule has 0 aliphatic heterocycles. The molecule has 0 spiro atoms. The van der Waals surface area contributed by atoms with E-state index in [0.717, 1.165) is 18.2 Å². The van der Waals surface area contributed by atoms with Crippen LogP contribution in [0.5, 0.6) is 0 Å². The van der Waals surface area contributed by atoms with Crippen molar-refractivity contribution >= 4 is 17.9 Å². The zero-order chi connectivity index (χ0) is 14.7. The lowest BCUT2D eigenvalue weighted by molar-refractivity contribution is 0.0451. The highest BCUT2D eigenvalue weighted by atomic mass is 19.1. The number of halogens is 2. The van der Waals surface area contributed by atoms with Crippen LogP contribution in [0.25, 0.3) is 0 Å². The number of nitrogens with two attached hydrogens (primary N) is 2. The normalized spacial score (nSPS) is 10.3. The van der Waals surface area contributed by atoms with Crippen molar-refractivity contribution in [3.63, 3.8) is 0 Å². The third-order valence-electron chi connectivity index (χ3n) is 2.22. The van der Waals surface area contributed by atoms with Crippen LogP contribution in [0.1, 0.15) is 16.2 Å². The lowest BCUT2D eigenvalue weighted by Gasteiger charge is -2.06. The first-order valence-corrected chi connectivity index (χ1v) is 5.34. The Kier molecular flexibility index (Phi) is 3.69. The molecule has 1 aromatic carbocycles. The lowest BCUT2D eigenvalue weighted by Crippen LogP contribution is -2.13. The summed E-state index contributed by atoms with van der Waals surface area (Å²) in [6.07, 6.45) is 0. The molecule has 0 atom stereocenters. The standard InChI is InChI=1S/C11H9F2N5O2/c12-5-2-1-3-6(13)8(5)9(19)20-4-7-16-10(14)18-11(15)17-7/h1-3H,4H2,(H4,14,15,16,17,18). The summed E-state index contributed by atoms with van der Waals surface area (Å²) in [5, 5.41) is 0. The second-order valence-corrected chi connectivity index (χ2v) is 3.64. The number of hydrogen-bond donors (Lipinski definition) is 2. The van der Waals surface area contributed by atoms with E-state index >= 15 is 0 Å². The van der Waals surface area contributed by atoms with Crippen molar-refractivity contribution in [2.24, 2.45) is 0 Å². The van der Waals surface area contributed by atoms with E-state index < -0.39 is 29.8 Å². The van der Waals surface area contributed by atoms with Crippen molar-refractivity contribution in [3.05, 3.63) is 41.2 Å². The van der Waals surface area contributed by atoms with Gasteiger partial charge in [-0.2, -0.15) is 15.0 Å². The quantitative estimate of drug-likeness (QED) is 0.794. The van der Waals surface area contributed by atoms with E-state index in [1.165, 1.54) is 0 Å². The summed E-state index contributed by atoms with van der Waals surface area (Å²) in [6.45, 7) is -0.441. The fourth-order valence-corrected chi connectivity index (χ4v) is 1.42. The lowest BCUT2D eigenvalue weighted by atomic mass is 10.2. The molecule has 2 rings (SSSR count). The van der Waals surface area contributed by atoms with Gasteiger partial charge in [0, 0.05) is 0 Å². The summed E-state index contributed by atoms with van der Waals surface area (Å²) < 4.78 is 31.4. The molecule has 1 heterocycles. The summed E-state index contributed by atoms with van der Waals surface area (Å²) in [4.78, 5) is 22.4. The van der Waals surface area contributed by atoms with E-state index in [9.17, 15) is 13.6 Å². The van der Waals surface area contributed by atoms with Crippen molar-refractivity contribution in [3.8, 4) is 0 Å². The fourth-order valence-electron chi connectivity index (χ4n) is 1.42. The Labute approximate surface area is 111 Å². The molecule has 0 saturated heterocycles. The average Bonchev–Trinajstić information content (AvgIpc) is 2.35. The number of nitrogen functional groups attached to an aromatic ring is 2. The van der Waals surface area contributed by atoms with Crippen LogP contribution >= 0.6 is 0 Å². The third kappa shape index (κ3) is 2.94. The van der Waals surface area contributed by atoms with Crippen LogP contribution in [0.2, 0.25) is 0 Å². The number of benzene rings is 1. The average molecular weight is 281 g/mol. The van der Waals surface area contributed by atoms with Crippen LogP contribution in [0, 0.1) is 11.6 Å². The molecule has 4 N–H and O–H groups in total. The van der Waals surface area contributed by atoms with Crippen LogP contribution in [0.15, 0.2) is 18.2 Å². The van der Waals surface area contributed by atoms with Crippen molar-refractivity contribution in [1.29, 1.82) is 0 Å². The summed E-state index contributed by atoms with van der Waals surface area (Å²) in [5.74, 6) is -3.56. The number of carbonyl (C=O) groups is 1. The highest BCUT2D eigenvalue weighted by Gasteiger charge is 2.19. The first kappa shape index (κ1) is 13.6. The van der Waals surface area contributed by atoms with E-state index in [0.29, 0.717) is 0 Å². The number of carbonyl (C=O) groups excluding carboxylic acids is 1. The Morgan fingerprint density at radius 2 is 1.65 bits per heavy atom. The van der Waals surface area contributed by atoms with E-state index in [1.807, 2.05) is 0 Å². The minimum absolute atomic E-state index is 0.0277. The smallest absolute Gasteiger partial charge is 0.344 e. The minimum atomic E-state index is -1.18. The van der Waals surface area contributed by atoms with Gasteiger partial charge >= 0.3 is 5.97 Å². The zero-order valence-corrected chi connectivity index (χ0v) is 10.0. The first-order valence-electron chi connectivity index (χ1n) is 5.34. The number of anilines is 2. The Hall–Kier alpha value is -2.84. The van der Waals surface area contributed by atoms with Crippen LogP contribution in [0.3, 0.4) is 0 Å². The van der Waals surface area contributed by atoms with Gasteiger partial charge in [0.05, 0.1) is 0 Å². The molecule has 0 amide bonds. The van der Waals surface area contributed by atoms with Gasteiger partial charge in [-0.25, -0.2) is 13.6 Å². The van der Waals surface area contributed by atoms with Crippen LogP contribution in [0.4, 0.5) is 20.7 Å². The van der Waals surface area contributed by atoms with Gasteiger partial charge in [-0.05, 0) is 12.1 Å². The molecular formula is C11H9F2N5O2. The monoisotopic (exact) mass is 281 g/mol. The molecule has 104 valence electrons. The Bertz CT molecular complexity index is 625. The summed E-state index contributed by atoms with van der Waals surface area (Å²) in [5.41, 5.74) is 9.86. The molecule has 9 heteroatoms. The zero-order valence-electron chi connectivity index (χ0n) is 10.0. The number of hydrogen-bond acceptors (Lipinski definition) is 7. The summed E-state index contributed by atoms with van der Waals surface area (Å²) in [7, 11) is 0. The third-order valence-corrected chi connectivity index (χ3v) is 2.22. The van der Waals surface area contributed by atoms with Crippen LogP contribution < -0.4 is 11.5 Å². The fraction of sp³-hybridized carbons (Fsp3) is 0.0909. The Morgan fingerprint density at radius 1 is 1.10 bits per heavy atom. The van der Waals surface area contributed by atoms with E-state index in [4.69, 9.17) is 16.2 Å². The van der Waals surface area contributed by atoms with Gasteiger partial charge in [0.1, 0.15) is 17.2 Å². The van der Waals surface area contributed by atoms with Gasteiger partial charge in [-0.15, -0.1) is 0 Å². The predicted molar refractivity (Wildman–Crippen MR) is 64.1 cm³/mol. The highest BCUT2D eigenvalue weighted by molar-refractivity contribution is 5.89. The minimum Gasteiger partial charge on any atom is -0.454 e. The molecule has 0 saturated carbocycles. The van der Waals surface area contributed by atoms with Gasteiger partial charge in [-0.1, -0.05) is 6.07 Å². The Balaban J connectivity index is 2.13. The van der Waals surface area contributed by atoms with Gasteiger partial charge in [0.2, 0.25) is 11.9 Å². The van der Waals surface area contributed by atoms with Crippen LogP contribution in [-0.2, 0) is 11.3 Å². The van der Waals surface area contributed by atoms with Crippen molar-refractivity contribution in [2.45, 2.75) is 6.61 Å². The molecule has 0 fully saturated rings. The van der Waals surface area contributed by atoms with Crippen molar-refractivity contribution in [1.82, 2.24) is 15.0 Å². The summed E-state index contributed by atoms with van der Waals surface area (Å²) >= 11 is 0. The van der Waals surface area contributed by atoms with Gasteiger partial charge in [0.25, 0.3) is 0 Å². The predicted octanol–water partition coefficient (Wildman–Crippen LogP) is 0.671. The van der Waals surface area contributed by atoms with E-state index in [1.54, 1.807) is 0 Å². The summed E-state index contributed by atoms with van der Waals surface area (Å²) in [6, 6.07) is 3.02. The molecule has 0 aliphatic rings. The van der Waals surface area contributed by atoms with E-state index in [-0.39, 0.29) is 17.7 Å². The Morgan fingerprint density at radius 3 is 2.20 bits per heavy atom. The van der Waals surface area contributed by atoms with Crippen LogP contribution in [-0.4, -0.2) is 20.9 Å². The topological polar surface area (TPSA) is 117 Å². The largest absolute Gasteiger partial charge is 0.454 e. The second kappa shape index (κ2) is 5.43. The van der Waals surface area contributed by atoms with Gasteiger partial charge < -0.3 is 16.2 Å². The number of aromatic nitrogens is 3. The molecule has 0 aliphatic carbocycles. The SMILES string of the molecule is Nc1nc(N)nc(COC(=O)c2c(F)cccc2F)n1. The molecular weight excluding hydrogens is 272 g/mol. The molecule has 7 nitrogen and oxygen atoms in total. The molecule has 0 bridgehead atoms. The van der Waals surface area contributed by atoms with Crippen molar-refractivity contribution in [2.75, 3.05) is 11.5 Å². The first-order chi connectivity index (χ1) is 9.47. The number of esters is 1. The number of rotatable bonds is 3. The molecule has 1 aromatic heterocycles. The molecule has 2 aromatic rings. The maximum atomic E-state index is 13.3. The molecule has 0 radical (unpaired) electrons. The maximum Gasteiger partial charge on any atom is 0.344 e. The maximum absolute atomic E-state index is 13.3. The molecule has 20 heavy (non-hydrogen) atoms. The second-order valence-electron chi connectivity index (χ2n) is 3.64.